The molecule has 0 spiro atoms. The van der Waals surface area contributed by atoms with Crippen LogP contribution in [0.25, 0.3) is 0 Å². The molecular formula is C18H26ClN3O3. The van der Waals surface area contributed by atoms with Crippen LogP contribution in [-0.2, 0) is 16.0 Å². The summed E-state index contributed by atoms with van der Waals surface area (Å²) in [7, 11) is 0. The van der Waals surface area contributed by atoms with Crippen molar-refractivity contribution in [2.24, 2.45) is 5.73 Å². The first kappa shape index (κ1) is 19.7. The van der Waals surface area contributed by atoms with Gasteiger partial charge in [-0.15, -0.1) is 12.4 Å². The van der Waals surface area contributed by atoms with E-state index in [-0.39, 0.29) is 30.3 Å². The van der Waals surface area contributed by atoms with E-state index < -0.39 is 0 Å². The van der Waals surface area contributed by atoms with Crippen molar-refractivity contribution in [1.82, 2.24) is 4.90 Å². The average molecular weight is 368 g/mol. The summed E-state index contributed by atoms with van der Waals surface area (Å²) in [4.78, 5) is 26.0. The number of nitrogens with zero attached hydrogens (tertiary/aromatic N) is 1. The minimum absolute atomic E-state index is 0. The van der Waals surface area contributed by atoms with Gasteiger partial charge in [0, 0.05) is 37.4 Å². The van der Waals surface area contributed by atoms with Gasteiger partial charge in [-0.05, 0) is 56.0 Å². The number of likely N-dealkylation sites (tertiary alicyclic amines) is 1. The molecular weight excluding hydrogens is 342 g/mol. The first-order chi connectivity index (χ1) is 11.7. The van der Waals surface area contributed by atoms with Gasteiger partial charge in [-0.1, -0.05) is 0 Å². The Morgan fingerprint density at radius 1 is 1.28 bits per heavy atom. The number of carbonyl (C=O) groups excluding carboxylic acids is 2. The van der Waals surface area contributed by atoms with Crippen LogP contribution in [0, 0.1) is 0 Å². The van der Waals surface area contributed by atoms with Crippen molar-refractivity contribution in [1.29, 1.82) is 0 Å². The first-order valence-electron chi connectivity index (χ1n) is 8.71. The molecule has 2 amide bonds. The highest BCUT2D eigenvalue weighted by atomic mass is 35.5. The standard InChI is InChI=1S/C18H25N3O3.ClH/c19-8-1-11-24-15-6-9-21(10-7-15)18(23)14-2-4-16-13(12-14)3-5-17(22)20-16;/h2,4,12,15H,1,3,5-11,19H2,(H,20,22);1H. The molecule has 0 bridgehead atoms. The number of halogens is 1. The second kappa shape index (κ2) is 9.17. The predicted octanol–water partition coefficient (Wildman–Crippen LogP) is 1.96. The van der Waals surface area contributed by atoms with Gasteiger partial charge < -0.3 is 20.7 Å². The Kier molecular flexibility index (Phi) is 7.23. The van der Waals surface area contributed by atoms with E-state index in [1.165, 1.54) is 0 Å². The third kappa shape index (κ3) is 4.93. The van der Waals surface area contributed by atoms with Gasteiger partial charge in [0.15, 0.2) is 0 Å². The van der Waals surface area contributed by atoms with Crippen LogP contribution in [0.4, 0.5) is 5.69 Å². The topological polar surface area (TPSA) is 84.7 Å². The SMILES string of the molecule is Cl.NCCCOC1CCN(C(=O)c2ccc3c(c2)CCC(=O)N3)CC1. The summed E-state index contributed by atoms with van der Waals surface area (Å²) in [5.41, 5.74) is 8.04. The first-order valence-corrected chi connectivity index (χ1v) is 8.71. The summed E-state index contributed by atoms with van der Waals surface area (Å²) in [5, 5.41) is 2.85. The molecule has 2 aliphatic heterocycles. The van der Waals surface area contributed by atoms with Gasteiger partial charge in [-0.2, -0.15) is 0 Å². The largest absolute Gasteiger partial charge is 0.378 e. The number of hydrogen-bond donors (Lipinski definition) is 2. The minimum Gasteiger partial charge on any atom is -0.378 e. The molecule has 0 aromatic heterocycles. The second-order valence-corrected chi connectivity index (χ2v) is 6.42. The molecule has 1 aromatic carbocycles. The molecule has 6 nitrogen and oxygen atoms in total. The number of benzene rings is 1. The number of rotatable bonds is 5. The molecule has 138 valence electrons. The molecule has 3 rings (SSSR count). The fraction of sp³-hybridized carbons (Fsp3) is 0.556. The highest BCUT2D eigenvalue weighted by molar-refractivity contribution is 5.98. The van der Waals surface area contributed by atoms with Crippen LogP contribution in [-0.4, -0.2) is 49.1 Å². The third-order valence-corrected chi connectivity index (χ3v) is 4.68. The fourth-order valence-electron chi connectivity index (χ4n) is 3.26. The molecule has 0 atom stereocenters. The molecule has 0 saturated carbocycles. The van der Waals surface area contributed by atoms with E-state index in [2.05, 4.69) is 5.32 Å². The summed E-state index contributed by atoms with van der Waals surface area (Å²) < 4.78 is 5.78. The quantitative estimate of drug-likeness (QED) is 0.779. The van der Waals surface area contributed by atoms with Gasteiger partial charge in [-0.3, -0.25) is 9.59 Å². The summed E-state index contributed by atoms with van der Waals surface area (Å²) >= 11 is 0. The zero-order valence-electron chi connectivity index (χ0n) is 14.3. The lowest BCUT2D eigenvalue weighted by Gasteiger charge is -2.32. The van der Waals surface area contributed by atoms with Crippen molar-refractivity contribution in [3.63, 3.8) is 0 Å². The van der Waals surface area contributed by atoms with Crippen LogP contribution >= 0.6 is 12.4 Å². The van der Waals surface area contributed by atoms with E-state index in [1.807, 2.05) is 17.0 Å². The molecule has 0 aliphatic carbocycles. The van der Waals surface area contributed by atoms with E-state index in [0.29, 0.717) is 31.6 Å². The second-order valence-electron chi connectivity index (χ2n) is 6.42. The molecule has 25 heavy (non-hydrogen) atoms. The highest BCUT2D eigenvalue weighted by Crippen LogP contribution is 2.25. The van der Waals surface area contributed by atoms with Crippen LogP contribution in [0.2, 0.25) is 0 Å². The maximum Gasteiger partial charge on any atom is 0.253 e. The van der Waals surface area contributed by atoms with Crippen LogP contribution in [0.3, 0.4) is 0 Å². The van der Waals surface area contributed by atoms with Gasteiger partial charge in [0.05, 0.1) is 6.10 Å². The number of anilines is 1. The number of nitrogens with one attached hydrogen (secondary N) is 1. The number of amides is 2. The zero-order chi connectivity index (χ0) is 16.9. The Hall–Kier alpha value is -1.63. The lowest BCUT2D eigenvalue weighted by Crippen LogP contribution is -2.41. The Labute approximate surface area is 154 Å². The van der Waals surface area contributed by atoms with E-state index in [1.54, 1.807) is 6.07 Å². The molecule has 0 unspecified atom stereocenters. The summed E-state index contributed by atoms with van der Waals surface area (Å²) in [6.07, 6.45) is 4.04. The van der Waals surface area contributed by atoms with Gasteiger partial charge in [0.2, 0.25) is 5.91 Å². The molecule has 2 aliphatic rings. The predicted molar refractivity (Wildman–Crippen MR) is 99.2 cm³/mol. The van der Waals surface area contributed by atoms with Crippen molar-refractivity contribution in [3.8, 4) is 0 Å². The van der Waals surface area contributed by atoms with Crippen LogP contribution < -0.4 is 11.1 Å². The molecule has 1 fully saturated rings. The van der Waals surface area contributed by atoms with E-state index >= 15 is 0 Å². The van der Waals surface area contributed by atoms with Crippen LogP contribution in [0.5, 0.6) is 0 Å². The molecule has 7 heteroatoms. The number of carbonyl (C=O) groups is 2. The molecule has 3 N–H and O–H groups in total. The van der Waals surface area contributed by atoms with Gasteiger partial charge >= 0.3 is 0 Å². The van der Waals surface area contributed by atoms with Gasteiger partial charge in [0.1, 0.15) is 0 Å². The molecule has 1 saturated heterocycles. The van der Waals surface area contributed by atoms with Gasteiger partial charge in [0.25, 0.3) is 5.91 Å². The summed E-state index contributed by atoms with van der Waals surface area (Å²) in [5.74, 6) is 0.105. The van der Waals surface area contributed by atoms with E-state index in [4.69, 9.17) is 10.5 Å². The van der Waals surface area contributed by atoms with E-state index in [9.17, 15) is 9.59 Å². The molecule has 0 radical (unpaired) electrons. The maximum atomic E-state index is 12.7. The minimum atomic E-state index is 0. The number of aryl methyl sites for hydroxylation is 1. The van der Waals surface area contributed by atoms with E-state index in [0.717, 1.165) is 43.6 Å². The Bertz CT molecular complexity index is 616. The number of ether oxygens (including phenoxy) is 1. The number of hydrogen-bond acceptors (Lipinski definition) is 4. The van der Waals surface area contributed by atoms with Crippen LogP contribution in [0.15, 0.2) is 18.2 Å². The monoisotopic (exact) mass is 367 g/mol. The third-order valence-electron chi connectivity index (χ3n) is 4.68. The van der Waals surface area contributed by atoms with Crippen molar-refractivity contribution in [2.45, 2.75) is 38.2 Å². The average Bonchev–Trinajstić information content (AvgIpc) is 2.61. The molecule has 2 heterocycles. The van der Waals surface area contributed by atoms with Crippen molar-refractivity contribution >= 4 is 29.9 Å². The van der Waals surface area contributed by atoms with Gasteiger partial charge in [-0.25, -0.2) is 0 Å². The highest BCUT2D eigenvalue weighted by Gasteiger charge is 2.25. The van der Waals surface area contributed by atoms with Crippen molar-refractivity contribution in [2.75, 3.05) is 31.6 Å². The number of nitrogens with two attached hydrogens (primary N) is 1. The molecule has 1 aromatic rings. The smallest absolute Gasteiger partial charge is 0.253 e. The Morgan fingerprint density at radius 2 is 2.04 bits per heavy atom. The normalized spacial score (nSPS) is 17.5. The maximum absolute atomic E-state index is 12.7. The lowest BCUT2D eigenvalue weighted by atomic mass is 9.99. The summed E-state index contributed by atoms with van der Waals surface area (Å²) in [6.45, 7) is 2.79. The fourth-order valence-corrected chi connectivity index (χ4v) is 3.26. The number of fused-ring (bicyclic) bond motifs is 1. The zero-order valence-corrected chi connectivity index (χ0v) is 15.1. The summed E-state index contributed by atoms with van der Waals surface area (Å²) in [6, 6.07) is 5.56. The van der Waals surface area contributed by atoms with Crippen LogP contribution in [0.1, 0.15) is 41.6 Å². The Morgan fingerprint density at radius 3 is 2.76 bits per heavy atom. The Balaban J connectivity index is 0.00000225. The van der Waals surface area contributed by atoms with Crippen molar-refractivity contribution < 1.29 is 14.3 Å². The lowest BCUT2D eigenvalue weighted by molar-refractivity contribution is -0.116. The van der Waals surface area contributed by atoms with Crippen molar-refractivity contribution in [3.05, 3.63) is 29.3 Å². The number of piperidine rings is 1.